The van der Waals surface area contributed by atoms with Crippen molar-refractivity contribution in [2.45, 2.75) is 44.1 Å². The summed E-state index contributed by atoms with van der Waals surface area (Å²) in [6, 6.07) is 16.2. The third-order valence-electron chi connectivity index (χ3n) is 6.12. The summed E-state index contributed by atoms with van der Waals surface area (Å²) in [6.07, 6.45) is 2.94. The number of carbonyl (C=O) groups excluding carboxylic acids is 1. The van der Waals surface area contributed by atoms with E-state index in [4.69, 9.17) is 4.74 Å². The van der Waals surface area contributed by atoms with Crippen molar-refractivity contribution in [3.05, 3.63) is 59.7 Å². The molecule has 4 rings (SSSR count). The summed E-state index contributed by atoms with van der Waals surface area (Å²) < 4.78 is 5.51. The number of alkyl carbamates (subject to hydrolysis) is 1. The van der Waals surface area contributed by atoms with Gasteiger partial charge in [-0.3, -0.25) is 0 Å². The van der Waals surface area contributed by atoms with Gasteiger partial charge in [-0.25, -0.2) is 9.59 Å². The lowest BCUT2D eigenvalue weighted by atomic mass is 9.76. The minimum atomic E-state index is -1.30. The van der Waals surface area contributed by atoms with Gasteiger partial charge in [-0.1, -0.05) is 67.8 Å². The highest BCUT2D eigenvalue weighted by Crippen LogP contribution is 2.44. The quantitative estimate of drug-likeness (QED) is 0.771. The number of carboxylic acids is 1. The molecule has 5 heteroatoms. The number of hydrogen-bond acceptors (Lipinski definition) is 3. The Morgan fingerprint density at radius 2 is 1.64 bits per heavy atom. The second kappa shape index (κ2) is 7.30. The Balaban J connectivity index is 1.45. The Morgan fingerprint density at radius 3 is 2.14 bits per heavy atom. The van der Waals surface area contributed by atoms with Crippen LogP contribution in [0.4, 0.5) is 4.79 Å². The van der Waals surface area contributed by atoms with Crippen molar-refractivity contribution in [1.29, 1.82) is 0 Å². The number of nitrogens with one attached hydrogen (secondary N) is 1. The van der Waals surface area contributed by atoms with Crippen LogP contribution in [0.3, 0.4) is 0 Å². The van der Waals surface area contributed by atoms with Gasteiger partial charge in [0.2, 0.25) is 0 Å². The number of aliphatic carboxylic acids is 1. The number of carboxylic acid groups (broad SMARTS) is 1. The average molecular weight is 379 g/mol. The first-order chi connectivity index (χ1) is 13.5. The van der Waals surface area contributed by atoms with E-state index in [2.05, 4.69) is 29.6 Å². The van der Waals surface area contributed by atoms with Gasteiger partial charge in [0.1, 0.15) is 12.1 Å². The van der Waals surface area contributed by atoms with E-state index in [-0.39, 0.29) is 12.5 Å². The second-order valence-electron chi connectivity index (χ2n) is 8.09. The smallest absolute Gasteiger partial charge is 0.408 e. The zero-order chi connectivity index (χ0) is 19.7. The van der Waals surface area contributed by atoms with Crippen molar-refractivity contribution in [2.24, 2.45) is 5.92 Å². The highest BCUT2D eigenvalue weighted by atomic mass is 16.5. The third kappa shape index (κ3) is 3.37. The fraction of sp³-hybridized carbons (Fsp3) is 0.391. The molecule has 2 aliphatic rings. The van der Waals surface area contributed by atoms with E-state index in [0.717, 1.165) is 41.5 Å². The van der Waals surface area contributed by atoms with Gasteiger partial charge in [-0.05, 0) is 41.5 Å². The molecule has 146 valence electrons. The summed E-state index contributed by atoms with van der Waals surface area (Å²) in [5, 5.41) is 12.2. The molecule has 2 aromatic carbocycles. The fourth-order valence-electron chi connectivity index (χ4n) is 4.33. The monoisotopic (exact) mass is 379 g/mol. The summed E-state index contributed by atoms with van der Waals surface area (Å²) in [6.45, 7) is 1.74. The Morgan fingerprint density at radius 1 is 1.07 bits per heavy atom. The summed E-state index contributed by atoms with van der Waals surface area (Å²) in [4.78, 5) is 24.2. The number of amides is 1. The summed E-state index contributed by atoms with van der Waals surface area (Å²) >= 11 is 0. The highest BCUT2D eigenvalue weighted by molar-refractivity contribution is 5.84. The van der Waals surface area contributed by atoms with Crippen LogP contribution in [0.15, 0.2) is 48.5 Å². The van der Waals surface area contributed by atoms with Gasteiger partial charge in [0.25, 0.3) is 0 Å². The maximum Gasteiger partial charge on any atom is 0.408 e. The van der Waals surface area contributed by atoms with E-state index in [1.165, 1.54) is 0 Å². The van der Waals surface area contributed by atoms with E-state index < -0.39 is 17.6 Å². The molecule has 0 saturated heterocycles. The SMILES string of the molecule is C[C@@](CC1CCC1)(NC(=O)OCC1c2ccccc2-c2ccccc21)C(=O)O. The lowest BCUT2D eigenvalue weighted by molar-refractivity contribution is -0.145. The molecule has 5 nitrogen and oxygen atoms in total. The number of rotatable bonds is 6. The molecule has 0 aliphatic heterocycles. The predicted octanol–water partition coefficient (Wildman–Crippen LogP) is 4.56. The van der Waals surface area contributed by atoms with Crippen molar-refractivity contribution in [3.8, 4) is 11.1 Å². The Kier molecular flexibility index (Phi) is 4.84. The molecule has 0 bridgehead atoms. The van der Waals surface area contributed by atoms with Crippen LogP contribution in [0.2, 0.25) is 0 Å². The molecule has 1 fully saturated rings. The first-order valence-electron chi connectivity index (χ1n) is 9.84. The van der Waals surface area contributed by atoms with Gasteiger partial charge >= 0.3 is 12.1 Å². The van der Waals surface area contributed by atoms with E-state index in [1.54, 1.807) is 6.92 Å². The van der Waals surface area contributed by atoms with E-state index >= 15 is 0 Å². The molecule has 0 unspecified atom stereocenters. The fourth-order valence-corrected chi connectivity index (χ4v) is 4.33. The van der Waals surface area contributed by atoms with Crippen molar-refractivity contribution in [1.82, 2.24) is 5.32 Å². The number of ether oxygens (including phenoxy) is 1. The number of benzene rings is 2. The largest absolute Gasteiger partial charge is 0.480 e. The first kappa shape index (κ1) is 18.5. The molecular weight excluding hydrogens is 354 g/mol. The summed E-state index contributed by atoms with van der Waals surface area (Å²) in [5.41, 5.74) is 3.28. The van der Waals surface area contributed by atoms with Gasteiger partial charge in [0.05, 0.1) is 0 Å². The van der Waals surface area contributed by atoms with Gasteiger partial charge in [-0.15, -0.1) is 0 Å². The molecule has 0 aromatic heterocycles. The van der Waals surface area contributed by atoms with Crippen molar-refractivity contribution >= 4 is 12.1 Å². The zero-order valence-electron chi connectivity index (χ0n) is 16.0. The predicted molar refractivity (Wildman–Crippen MR) is 106 cm³/mol. The van der Waals surface area contributed by atoms with Crippen LogP contribution in [0.1, 0.15) is 49.7 Å². The summed E-state index contributed by atoms with van der Waals surface area (Å²) in [5.74, 6) is -0.705. The summed E-state index contributed by atoms with van der Waals surface area (Å²) in [7, 11) is 0. The van der Waals surface area contributed by atoms with Gasteiger partial charge in [0.15, 0.2) is 0 Å². The molecule has 28 heavy (non-hydrogen) atoms. The van der Waals surface area contributed by atoms with Crippen LogP contribution in [-0.4, -0.2) is 29.3 Å². The number of fused-ring (bicyclic) bond motifs is 3. The second-order valence-corrected chi connectivity index (χ2v) is 8.09. The molecule has 2 aromatic rings. The van der Waals surface area contributed by atoms with Crippen LogP contribution in [-0.2, 0) is 9.53 Å². The molecule has 2 N–H and O–H groups in total. The molecule has 1 saturated carbocycles. The van der Waals surface area contributed by atoms with Crippen LogP contribution in [0.25, 0.3) is 11.1 Å². The molecule has 0 spiro atoms. The number of hydrogen-bond donors (Lipinski definition) is 2. The number of carbonyl (C=O) groups is 2. The van der Waals surface area contributed by atoms with Crippen LogP contribution in [0.5, 0.6) is 0 Å². The van der Waals surface area contributed by atoms with E-state index in [0.29, 0.717) is 12.3 Å². The molecule has 1 amide bonds. The third-order valence-corrected chi connectivity index (χ3v) is 6.12. The molecular formula is C23H25NO4. The van der Waals surface area contributed by atoms with Crippen molar-refractivity contribution in [3.63, 3.8) is 0 Å². The maximum atomic E-state index is 12.4. The minimum Gasteiger partial charge on any atom is -0.480 e. The van der Waals surface area contributed by atoms with Crippen molar-refractivity contribution < 1.29 is 19.4 Å². The lowest BCUT2D eigenvalue weighted by Gasteiger charge is -2.34. The Hall–Kier alpha value is -2.82. The van der Waals surface area contributed by atoms with Gasteiger partial charge < -0.3 is 15.2 Å². The highest BCUT2D eigenvalue weighted by Gasteiger charge is 2.39. The van der Waals surface area contributed by atoms with Crippen LogP contribution in [0, 0.1) is 5.92 Å². The van der Waals surface area contributed by atoms with E-state index in [9.17, 15) is 14.7 Å². The van der Waals surface area contributed by atoms with Crippen molar-refractivity contribution in [2.75, 3.05) is 6.61 Å². The normalized spacial score (nSPS) is 17.8. The minimum absolute atomic E-state index is 0.0409. The first-order valence-corrected chi connectivity index (χ1v) is 9.84. The maximum absolute atomic E-state index is 12.4. The molecule has 0 heterocycles. The topological polar surface area (TPSA) is 75.6 Å². The Bertz CT molecular complexity index is 859. The van der Waals surface area contributed by atoms with Crippen LogP contribution < -0.4 is 5.32 Å². The molecule has 1 atom stereocenters. The van der Waals surface area contributed by atoms with Gasteiger partial charge in [-0.2, -0.15) is 0 Å². The Labute approximate surface area is 164 Å². The molecule has 2 aliphatic carbocycles. The molecule has 0 radical (unpaired) electrons. The van der Waals surface area contributed by atoms with Crippen LogP contribution >= 0.6 is 0 Å². The zero-order valence-corrected chi connectivity index (χ0v) is 16.0. The average Bonchev–Trinajstić information content (AvgIpc) is 2.97. The van der Waals surface area contributed by atoms with Gasteiger partial charge in [0, 0.05) is 5.92 Å². The standard InChI is InChI=1S/C23H25NO4/c1-23(21(25)26,13-15-7-6-8-15)24-22(27)28-14-20-18-11-4-2-9-16(18)17-10-3-5-12-19(17)20/h2-5,9-12,15,20H,6-8,13-14H2,1H3,(H,24,27)(H,25,26)/t23-/m0/s1. The lowest BCUT2D eigenvalue weighted by Crippen LogP contribution is -2.54. The van der Waals surface area contributed by atoms with E-state index in [1.807, 2.05) is 24.3 Å².